The van der Waals surface area contributed by atoms with Gasteiger partial charge in [0.05, 0.1) is 0 Å². The number of hydrogen-bond donors (Lipinski definition) is 0. The van der Waals surface area contributed by atoms with Gasteiger partial charge in [0.15, 0.2) is 18.2 Å². The first-order valence-electron chi connectivity index (χ1n) is 11.3. The van der Waals surface area contributed by atoms with Crippen LogP contribution in [0.1, 0.15) is 25.8 Å². The van der Waals surface area contributed by atoms with Crippen LogP contribution >= 0.6 is 0 Å². The summed E-state index contributed by atoms with van der Waals surface area (Å²) >= 11 is 0. The maximum Gasteiger partial charge on any atom is 0.328 e. The van der Waals surface area contributed by atoms with Gasteiger partial charge in [-0.1, -0.05) is 44.2 Å². The Bertz CT molecular complexity index is 834. The molecule has 0 saturated carbocycles. The van der Waals surface area contributed by atoms with Gasteiger partial charge >= 0.3 is 6.03 Å². The van der Waals surface area contributed by atoms with E-state index in [1.165, 1.54) is 10.5 Å². The molecule has 0 N–H and O–H groups in total. The number of fused-ring (bicyclic) bond motifs is 1. The molecule has 0 bridgehead atoms. The molecular weight excluding hydrogens is 392 g/mol. The number of piperazine rings is 1. The molecule has 0 radical (unpaired) electrons. The van der Waals surface area contributed by atoms with Crippen molar-refractivity contribution in [3.05, 3.63) is 35.9 Å². The zero-order chi connectivity index (χ0) is 22.1. The van der Waals surface area contributed by atoms with E-state index in [0.29, 0.717) is 5.92 Å². The maximum atomic E-state index is 13.0. The average molecular weight is 427 g/mol. The summed E-state index contributed by atoms with van der Waals surface area (Å²) in [5, 5.41) is 0. The molecule has 2 unspecified atom stereocenters. The number of carbonyl (C=O) groups excluding carboxylic acids is 2. The van der Waals surface area contributed by atoms with E-state index in [1.807, 2.05) is 6.07 Å². The van der Waals surface area contributed by atoms with Crippen LogP contribution in [0.15, 0.2) is 35.3 Å². The topological polar surface area (TPSA) is 62.7 Å². The van der Waals surface area contributed by atoms with Gasteiger partial charge in [0.25, 0.3) is 5.91 Å². The molecule has 31 heavy (non-hydrogen) atoms. The SMILES string of the molecule is CC(C)CCN1C(N2CCN(Cc3ccccc3)CC2)=NC2C1C(=O)N(C)C(=O)N2C. The van der Waals surface area contributed by atoms with Gasteiger partial charge in [-0.25, -0.2) is 9.79 Å². The van der Waals surface area contributed by atoms with Gasteiger partial charge in [0.2, 0.25) is 0 Å². The van der Waals surface area contributed by atoms with Gasteiger partial charge in [0.1, 0.15) is 0 Å². The lowest BCUT2D eigenvalue weighted by Gasteiger charge is -2.42. The second-order valence-corrected chi connectivity index (χ2v) is 9.20. The lowest BCUT2D eigenvalue weighted by Crippen LogP contribution is -2.65. The van der Waals surface area contributed by atoms with Crippen molar-refractivity contribution < 1.29 is 9.59 Å². The first-order chi connectivity index (χ1) is 14.9. The highest BCUT2D eigenvalue weighted by atomic mass is 16.2. The minimum atomic E-state index is -0.444. The molecule has 1 aromatic carbocycles. The van der Waals surface area contributed by atoms with Crippen molar-refractivity contribution in [3.63, 3.8) is 0 Å². The summed E-state index contributed by atoms with van der Waals surface area (Å²) in [4.78, 5) is 40.2. The van der Waals surface area contributed by atoms with Crippen molar-refractivity contribution in [3.8, 4) is 0 Å². The Morgan fingerprint density at radius 1 is 1.03 bits per heavy atom. The lowest BCUT2D eigenvalue weighted by molar-refractivity contribution is -0.136. The van der Waals surface area contributed by atoms with E-state index >= 15 is 0 Å². The monoisotopic (exact) mass is 426 g/mol. The summed E-state index contributed by atoms with van der Waals surface area (Å²) in [6.45, 7) is 9.73. The molecule has 8 nitrogen and oxygen atoms in total. The van der Waals surface area contributed by atoms with Crippen molar-refractivity contribution in [1.82, 2.24) is 24.5 Å². The molecular formula is C23H34N6O2. The number of guanidine groups is 1. The fourth-order valence-corrected chi connectivity index (χ4v) is 4.60. The van der Waals surface area contributed by atoms with Gasteiger partial charge in [-0.05, 0) is 17.9 Å². The third kappa shape index (κ3) is 4.26. The van der Waals surface area contributed by atoms with Crippen LogP contribution in [0.25, 0.3) is 0 Å². The fraction of sp³-hybridized carbons (Fsp3) is 0.609. The lowest BCUT2D eigenvalue weighted by atomic mass is 10.1. The summed E-state index contributed by atoms with van der Waals surface area (Å²) in [5.41, 5.74) is 1.33. The molecule has 2 fully saturated rings. The van der Waals surface area contributed by atoms with Crippen LogP contribution < -0.4 is 0 Å². The number of rotatable bonds is 5. The fourth-order valence-electron chi connectivity index (χ4n) is 4.60. The maximum absolute atomic E-state index is 13.0. The Balaban J connectivity index is 1.49. The number of nitrogens with zero attached hydrogens (tertiary/aromatic N) is 6. The molecule has 8 heteroatoms. The van der Waals surface area contributed by atoms with Gasteiger partial charge in [0, 0.05) is 53.4 Å². The quantitative estimate of drug-likeness (QED) is 0.718. The molecule has 2 saturated heterocycles. The van der Waals surface area contributed by atoms with Gasteiger partial charge in [-0.3, -0.25) is 14.6 Å². The number of hydrogen-bond acceptors (Lipinski definition) is 6. The van der Waals surface area contributed by atoms with Crippen molar-refractivity contribution in [2.45, 2.75) is 39.0 Å². The Morgan fingerprint density at radius 3 is 2.35 bits per heavy atom. The molecule has 3 aliphatic rings. The number of amides is 3. The minimum Gasteiger partial charge on any atom is -0.340 e. The smallest absolute Gasteiger partial charge is 0.328 e. The summed E-state index contributed by atoms with van der Waals surface area (Å²) in [6, 6.07) is 9.83. The zero-order valence-electron chi connectivity index (χ0n) is 19.1. The molecule has 3 amide bonds. The van der Waals surface area contributed by atoms with E-state index in [1.54, 1.807) is 19.0 Å². The summed E-state index contributed by atoms with van der Waals surface area (Å²) in [6.07, 6.45) is 0.533. The van der Waals surface area contributed by atoms with Crippen LogP contribution in [0, 0.1) is 5.92 Å². The van der Waals surface area contributed by atoms with Crippen LogP contribution in [0.4, 0.5) is 4.79 Å². The van der Waals surface area contributed by atoms with E-state index in [9.17, 15) is 9.59 Å². The molecule has 3 aliphatic heterocycles. The molecule has 0 spiro atoms. The van der Waals surface area contributed by atoms with E-state index < -0.39 is 12.2 Å². The van der Waals surface area contributed by atoms with Crippen molar-refractivity contribution >= 4 is 17.9 Å². The van der Waals surface area contributed by atoms with E-state index in [0.717, 1.165) is 51.6 Å². The highest BCUT2D eigenvalue weighted by Gasteiger charge is 2.51. The zero-order valence-corrected chi connectivity index (χ0v) is 19.1. The predicted octanol–water partition coefficient (Wildman–Crippen LogP) is 1.74. The standard InChI is InChI=1S/C23H34N6O2/c1-17(2)10-11-29-19-20(25(3)23(31)26(4)21(19)30)24-22(29)28-14-12-27(13-15-28)16-18-8-6-5-7-9-18/h5-9,17,19-20H,10-16H2,1-4H3. The highest BCUT2D eigenvalue weighted by molar-refractivity contribution is 6.03. The number of likely N-dealkylation sites (N-methyl/N-ethyl adjacent to an activating group) is 2. The van der Waals surface area contributed by atoms with Gasteiger partial charge in [-0.2, -0.15) is 0 Å². The molecule has 0 aromatic heterocycles. The van der Waals surface area contributed by atoms with Crippen molar-refractivity contribution in [1.29, 1.82) is 0 Å². The molecule has 168 valence electrons. The predicted molar refractivity (Wildman–Crippen MR) is 120 cm³/mol. The van der Waals surface area contributed by atoms with E-state index in [2.05, 4.69) is 52.8 Å². The Kier molecular flexibility index (Phi) is 6.18. The van der Waals surface area contributed by atoms with E-state index in [4.69, 9.17) is 4.99 Å². The first kappa shape index (κ1) is 21.6. The summed E-state index contributed by atoms with van der Waals surface area (Å²) in [5.74, 6) is 1.25. The Labute approximate surface area is 185 Å². The third-order valence-electron chi connectivity index (χ3n) is 6.54. The number of carbonyl (C=O) groups is 2. The molecule has 3 heterocycles. The van der Waals surface area contributed by atoms with Crippen LogP contribution in [0.3, 0.4) is 0 Å². The van der Waals surface area contributed by atoms with Crippen LogP contribution in [0.5, 0.6) is 0 Å². The second kappa shape index (κ2) is 8.86. The van der Waals surface area contributed by atoms with Crippen LogP contribution in [0.2, 0.25) is 0 Å². The van der Waals surface area contributed by atoms with Crippen molar-refractivity contribution in [2.24, 2.45) is 10.9 Å². The number of aliphatic imine (C=N–C) groups is 1. The third-order valence-corrected chi connectivity index (χ3v) is 6.54. The largest absolute Gasteiger partial charge is 0.340 e. The average Bonchev–Trinajstić information content (AvgIpc) is 3.15. The molecule has 2 atom stereocenters. The molecule has 0 aliphatic carbocycles. The normalized spacial score (nSPS) is 24.9. The molecule has 4 rings (SSSR count). The second-order valence-electron chi connectivity index (χ2n) is 9.20. The van der Waals surface area contributed by atoms with Crippen molar-refractivity contribution in [2.75, 3.05) is 46.8 Å². The number of imide groups is 1. The molecule has 1 aromatic rings. The van der Waals surface area contributed by atoms with Gasteiger partial charge < -0.3 is 14.7 Å². The minimum absolute atomic E-state index is 0.154. The highest BCUT2D eigenvalue weighted by Crippen LogP contribution is 2.29. The van der Waals surface area contributed by atoms with Gasteiger partial charge in [-0.15, -0.1) is 0 Å². The first-order valence-corrected chi connectivity index (χ1v) is 11.3. The number of benzene rings is 1. The van der Waals surface area contributed by atoms with Crippen LogP contribution in [-0.4, -0.2) is 101 Å². The Hall–Kier alpha value is -2.61. The summed E-state index contributed by atoms with van der Waals surface area (Å²) in [7, 11) is 3.31. The van der Waals surface area contributed by atoms with Crippen LogP contribution in [-0.2, 0) is 11.3 Å². The van der Waals surface area contributed by atoms with E-state index in [-0.39, 0.29) is 11.9 Å². The summed E-state index contributed by atoms with van der Waals surface area (Å²) < 4.78 is 0. The Morgan fingerprint density at radius 2 is 1.71 bits per heavy atom. The number of urea groups is 1.